The van der Waals surface area contributed by atoms with Gasteiger partial charge in [0.25, 0.3) is 5.91 Å². The normalized spacial score (nSPS) is 15.8. The largest absolute Gasteiger partial charge is 0.504 e. The van der Waals surface area contributed by atoms with Crippen molar-refractivity contribution in [2.75, 3.05) is 39.8 Å². The van der Waals surface area contributed by atoms with Crippen molar-refractivity contribution in [3.8, 4) is 11.5 Å². The summed E-state index contributed by atoms with van der Waals surface area (Å²) in [6.45, 7) is 3.51. The molecule has 0 bridgehead atoms. The van der Waals surface area contributed by atoms with E-state index in [4.69, 9.17) is 4.74 Å². The van der Waals surface area contributed by atoms with Crippen LogP contribution in [-0.2, 0) is 14.8 Å². The van der Waals surface area contributed by atoms with Crippen molar-refractivity contribution in [2.24, 2.45) is 5.10 Å². The molecule has 0 unspecified atom stereocenters. The Morgan fingerprint density at radius 1 is 1.16 bits per heavy atom. The van der Waals surface area contributed by atoms with Crippen molar-refractivity contribution in [2.45, 2.75) is 11.8 Å². The number of phenolic OH excluding ortho intramolecular Hbond substituents is 1. The first-order chi connectivity index (χ1) is 14.8. The van der Waals surface area contributed by atoms with Gasteiger partial charge in [-0.05, 0) is 31.2 Å². The standard InChI is InChI=1S/C21H26N4O5S/c1-16-6-8-18(9-7-16)31(28,29)25-12-10-24(11-13-25)15-20(26)23-22-14-17-4-3-5-19(30-2)21(17)27/h3-9,14,27H,10-13,15H2,1-2H3,(H,23,26)/b22-14-. The van der Waals surface area contributed by atoms with E-state index in [0.29, 0.717) is 37.5 Å². The van der Waals surface area contributed by atoms with Gasteiger partial charge < -0.3 is 9.84 Å². The highest BCUT2D eigenvalue weighted by atomic mass is 32.2. The molecule has 1 aliphatic rings. The molecular formula is C21H26N4O5S. The third-order valence-electron chi connectivity index (χ3n) is 5.00. The fourth-order valence-corrected chi connectivity index (χ4v) is 4.63. The van der Waals surface area contributed by atoms with Crippen LogP contribution in [0.15, 0.2) is 52.5 Å². The predicted molar refractivity (Wildman–Crippen MR) is 117 cm³/mol. The number of sulfonamides is 1. The van der Waals surface area contributed by atoms with Gasteiger partial charge in [0.05, 0.1) is 24.8 Å². The number of nitrogens with zero attached hydrogens (tertiary/aromatic N) is 3. The number of methoxy groups -OCH3 is 1. The number of aromatic hydroxyl groups is 1. The smallest absolute Gasteiger partial charge is 0.254 e. The first kappa shape index (κ1) is 22.7. The SMILES string of the molecule is COc1cccc(/C=N\NC(=O)CN2CCN(S(=O)(=O)c3ccc(C)cc3)CC2)c1O. The first-order valence-corrected chi connectivity index (χ1v) is 11.2. The van der Waals surface area contributed by atoms with Crippen molar-refractivity contribution >= 4 is 22.1 Å². The zero-order valence-electron chi connectivity index (χ0n) is 17.5. The highest BCUT2D eigenvalue weighted by Crippen LogP contribution is 2.27. The molecule has 2 N–H and O–H groups in total. The Bertz CT molecular complexity index is 1050. The lowest BCUT2D eigenvalue weighted by Crippen LogP contribution is -2.50. The van der Waals surface area contributed by atoms with E-state index in [1.165, 1.54) is 17.6 Å². The summed E-state index contributed by atoms with van der Waals surface area (Å²) in [4.78, 5) is 14.3. The topological polar surface area (TPSA) is 112 Å². The summed E-state index contributed by atoms with van der Waals surface area (Å²) in [5, 5.41) is 13.9. The first-order valence-electron chi connectivity index (χ1n) is 9.78. The van der Waals surface area contributed by atoms with Gasteiger partial charge in [-0.3, -0.25) is 9.69 Å². The molecule has 0 saturated carbocycles. The van der Waals surface area contributed by atoms with Crippen LogP contribution in [0.25, 0.3) is 0 Å². The Balaban J connectivity index is 1.49. The monoisotopic (exact) mass is 446 g/mol. The fourth-order valence-electron chi connectivity index (χ4n) is 3.21. The molecule has 3 rings (SSSR count). The van der Waals surface area contributed by atoms with Gasteiger partial charge in [0.1, 0.15) is 0 Å². The molecule has 0 aromatic heterocycles. The highest BCUT2D eigenvalue weighted by Gasteiger charge is 2.28. The van der Waals surface area contributed by atoms with E-state index in [0.717, 1.165) is 5.56 Å². The number of rotatable bonds is 7. The molecule has 9 nitrogen and oxygen atoms in total. The molecule has 1 fully saturated rings. The number of hydrogen-bond donors (Lipinski definition) is 2. The van der Waals surface area contributed by atoms with Gasteiger partial charge in [0.15, 0.2) is 11.5 Å². The quantitative estimate of drug-likeness (QED) is 0.488. The molecule has 166 valence electrons. The van der Waals surface area contributed by atoms with Crippen molar-refractivity contribution in [1.29, 1.82) is 0 Å². The van der Waals surface area contributed by atoms with E-state index in [9.17, 15) is 18.3 Å². The molecule has 1 saturated heterocycles. The summed E-state index contributed by atoms with van der Waals surface area (Å²) in [6, 6.07) is 11.7. The average Bonchev–Trinajstić information content (AvgIpc) is 2.75. The number of phenols is 1. The molecular weight excluding hydrogens is 420 g/mol. The van der Waals surface area contributed by atoms with E-state index in [2.05, 4.69) is 10.5 Å². The van der Waals surface area contributed by atoms with Crippen LogP contribution < -0.4 is 10.2 Å². The van der Waals surface area contributed by atoms with Crippen LogP contribution in [0.4, 0.5) is 0 Å². The van der Waals surface area contributed by atoms with E-state index < -0.39 is 10.0 Å². The van der Waals surface area contributed by atoms with Gasteiger partial charge in [-0.2, -0.15) is 9.41 Å². The molecule has 2 aromatic carbocycles. The Hall–Kier alpha value is -2.95. The Kier molecular flexibility index (Phi) is 7.26. The zero-order valence-corrected chi connectivity index (χ0v) is 18.3. The Morgan fingerprint density at radius 2 is 1.84 bits per heavy atom. The van der Waals surface area contributed by atoms with Crippen molar-refractivity contribution in [3.05, 3.63) is 53.6 Å². The number of carbonyl (C=O) groups excluding carboxylic acids is 1. The maximum Gasteiger partial charge on any atom is 0.254 e. The summed E-state index contributed by atoms with van der Waals surface area (Å²) in [5.41, 5.74) is 3.83. The van der Waals surface area contributed by atoms with Crippen LogP contribution in [0.3, 0.4) is 0 Å². The molecule has 31 heavy (non-hydrogen) atoms. The van der Waals surface area contributed by atoms with Crippen LogP contribution >= 0.6 is 0 Å². The van der Waals surface area contributed by atoms with Crippen LogP contribution in [0.5, 0.6) is 11.5 Å². The number of hydrogen-bond acceptors (Lipinski definition) is 7. The Morgan fingerprint density at radius 3 is 2.48 bits per heavy atom. The molecule has 0 atom stereocenters. The van der Waals surface area contributed by atoms with Crippen LogP contribution in [0.2, 0.25) is 0 Å². The molecule has 10 heteroatoms. The van der Waals surface area contributed by atoms with Gasteiger partial charge >= 0.3 is 0 Å². The number of ether oxygens (including phenoxy) is 1. The number of hydrazone groups is 1. The minimum atomic E-state index is -3.54. The molecule has 0 aliphatic carbocycles. The highest BCUT2D eigenvalue weighted by molar-refractivity contribution is 7.89. The van der Waals surface area contributed by atoms with Gasteiger partial charge in [0.2, 0.25) is 10.0 Å². The van der Waals surface area contributed by atoms with E-state index >= 15 is 0 Å². The van der Waals surface area contributed by atoms with Crippen molar-refractivity contribution in [3.63, 3.8) is 0 Å². The maximum atomic E-state index is 12.8. The van der Waals surface area contributed by atoms with E-state index in [1.54, 1.807) is 42.5 Å². The number of para-hydroxylation sites is 1. The maximum absolute atomic E-state index is 12.8. The molecule has 0 radical (unpaired) electrons. The van der Waals surface area contributed by atoms with Crippen LogP contribution in [-0.4, -0.2) is 74.7 Å². The molecule has 1 heterocycles. The van der Waals surface area contributed by atoms with Gasteiger partial charge in [0, 0.05) is 31.7 Å². The van der Waals surface area contributed by atoms with E-state index in [-0.39, 0.29) is 23.1 Å². The number of piperazine rings is 1. The minimum absolute atomic E-state index is 0.0612. The number of nitrogens with one attached hydrogen (secondary N) is 1. The predicted octanol–water partition coefficient (Wildman–Crippen LogP) is 1.17. The summed E-state index contributed by atoms with van der Waals surface area (Å²) in [6.07, 6.45) is 1.34. The lowest BCUT2D eigenvalue weighted by molar-refractivity contribution is -0.122. The second-order valence-corrected chi connectivity index (χ2v) is 9.12. The Labute approximate surface area is 182 Å². The second kappa shape index (κ2) is 9.90. The third kappa shape index (κ3) is 5.60. The average molecular weight is 447 g/mol. The second-order valence-electron chi connectivity index (χ2n) is 7.18. The minimum Gasteiger partial charge on any atom is -0.504 e. The van der Waals surface area contributed by atoms with Gasteiger partial charge in [-0.1, -0.05) is 23.8 Å². The van der Waals surface area contributed by atoms with Crippen LogP contribution in [0, 0.1) is 6.92 Å². The number of carbonyl (C=O) groups is 1. The number of benzene rings is 2. The zero-order chi connectivity index (χ0) is 22.4. The van der Waals surface area contributed by atoms with E-state index in [1.807, 2.05) is 11.8 Å². The summed E-state index contributed by atoms with van der Waals surface area (Å²) in [7, 11) is -2.09. The summed E-state index contributed by atoms with van der Waals surface area (Å²) >= 11 is 0. The fraction of sp³-hybridized carbons (Fsp3) is 0.333. The number of aryl methyl sites for hydroxylation is 1. The molecule has 1 amide bonds. The summed E-state index contributed by atoms with van der Waals surface area (Å²) < 4.78 is 32.0. The molecule has 1 aliphatic heterocycles. The van der Waals surface area contributed by atoms with Gasteiger partial charge in [-0.25, -0.2) is 13.8 Å². The number of amides is 1. The lowest BCUT2D eigenvalue weighted by atomic mass is 10.2. The van der Waals surface area contributed by atoms with Gasteiger partial charge in [-0.15, -0.1) is 0 Å². The molecule has 2 aromatic rings. The molecule has 0 spiro atoms. The summed E-state index contributed by atoms with van der Waals surface area (Å²) in [5.74, 6) is -0.0730. The lowest BCUT2D eigenvalue weighted by Gasteiger charge is -2.33. The third-order valence-corrected chi connectivity index (χ3v) is 6.91. The van der Waals surface area contributed by atoms with Crippen LogP contribution in [0.1, 0.15) is 11.1 Å². The van der Waals surface area contributed by atoms with Crippen molar-refractivity contribution < 1.29 is 23.1 Å². The van der Waals surface area contributed by atoms with Crippen molar-refractivity contribution in [1.82, 2.24) is 14.6 Å².